The zero-order valence-corrected chi connectivity index (χ0v) is 14.3. The maximum Gasteiger partial charge on any atom is 0.0410 e. The molecule has 0 amide bonds. The Kier molecular flexibility index (Phi) is 5.65. The number of nitrogens with zero attached hydrogens (tertiary/aromatic N) is 1. The lowest BCUT2D eigenvalue weighted by Gasteiger charge is -2.36. The van der Waals surface area contributed by atoms with Gasteiger partial charge >= 0.3 is 0 Å². The van der Waals surface area contributed by atoms with Gasteiger partial charge in [0.15, 0.2) is 0 Å². The van der Waals surface area contributed by atoms with E-state index in [1.807, 2.05) is 11.3 Å². The first-order valence-corrected chi connectivity index (χ1v) is 8.89. The molecule has 3 heteroatoms. The minimum Gasteiger partial charge on any atom is -0.313 e. The molecule has 1 N–H and O–H groups in total. The molecule has 0 spiro atoms. The van der Waals surface area contributed by atoms with Crippen LogP contribution < -0.4 is 5.32 Å². The van der Waals surface area contributed by atoms with Crippen LogP contribution in [0.5, 0.6) is 0 Å². The molecule has 1 heterocycles. The summed E-state index contributed by atoms with van der Waals surface area (Å²) in [7, 11) is 2.27. The Balaban J connectivity index is 1.91. The average molecular weight is 295 g/mol. The van der Waals surface area contributed by atoms with E-state index in [4.69, 9.17) is 0 Å². The van der Waals surface area contributed by atoms with Gasteiger partial charge in [0.05, 0.1) is 0 Å². The topological polar surface area (TPSA) is 15.3 Å². The molecule has 2 atom stereocenters. The maximum absolute atomic E-state index is 3.74. The Bertz CT molecular complexity index is 386. The molecule has 2 nitrogen and oxygen atoms in total. The summed E-state index contributed by atoms with van der Waals surface area (Å²) in [6.07, 6.45) is 5.32. The second-order valence-corrected chi connectivity index (χ2v) is 7.80. The molecule has 0 aromatic carbocycles. The Morgan fingerprint density at radius 3 is 2.80 bits per heavy atom. The zero-order chi connectivity index (χ0) is 14.6. The second kappa shape index (κ2) is 7.06. The first-order valence-electron chi connectivity index (χ1n) is 8.01. The van der Waals surface area contributed by atoms with Gasteiger partial charge in [0.25, 0.3) is 0 Å². The van der Waals surface area contributed by atoms with Crippen molar-refractivity contribution in [2.75, 3.05) is 20.1 Å². The van der Waals surface area contributed by atoms with Gasteiger partial charge in [0, 0.05) is 30.1 Å². The minimum atomic E-state index is 0.387. The molecule has 2 unspecified atom stereocenters. The molecule has 114 valence electrons. The third kappa shape index (κ3) is 4.57. The molecule has 0 bridgehead atoms. The lowest BCUT2D eigenvalue weighted by atomic mass is 9.84. The van der Waals surface area contributed by atoms with Gasteiger partial charge in [-0.15, -0.1) is 11.3 Å². The molecular weight excluding hydrogens is 264 g/mol. The van der Waals surface area contributed by atoms with E-state index >= 15 is 0 Å². The zero-order valence-electron chi connectivity index (χ0n) is 13.5. The summed E-state index contributed by atoms with van der Waals surface area (Å²) in [6.45, 7) is 9.40. The van der Waals surface area contributed by atoms with Crippen LogP contribution in [0, 0.1) is 5.41 Å². The van der Waals surface area contributed by atoms with E-state index in [9.17, 15) is 0 Å². The van der Waals surface area contributed by atoms with Crippen molar-refractivity contribution >= 4 is 11.3 Å². The van der Waals surface area contributed by atoms with Crippen molar-refractivity contribution in [2.24, 2.45) is 5.41 Å². The normalized spacial score (nSPS) is 20.1. The molecule has 1 aliphatic rings. The molecule has 1 saturated carbocycles. The van der Waals surface area contributed by atoms with Crippen LogP contribution in [-0.2, 0) is 0 Å². The Morgan fingerprint density at radius 1 is 1.50 bits per heavy atom. The standard InChI is InChI=1S/C17H30N2S/c1-5-10-17(3,12-18-15-8-9-15)13-19(4)14(2)16-7-6-11-20-16/h6-7,11,14-15,18H,5,8-10,12-13H2,1-4H3. The van der Waals surface area contributed by atoms with E-state index in [1.165, 1.54) is 37.1 Å². The van der Waals surface area contributed by atoms with Crippen LogP contribution in [-0.4, -0.2) is 31.1 Å². The van der Waals surface area contributed by atoms with Gasteiger partial charge in [-0.3, -0.25) is 4.90 Å². The lowest BCUT2D eigenvalue weighted by molar-refractivity contribution is 0.143. The summed E-state index contributed by atoms with van der Waals surface area (Å²) in [5.41, 5.74) is 0.387. The predicted octanol–water partition coefficient (Wildman–Crippen LogP) is 4.30. The number of nitrogens with one attached hydrogen (secondary N) is 1. The van der Waals surface area contributed by atoms with Crippen molar-refractivity contribution < 1.29 is 0 Å². The first kappa shape index (κ1) is 16.0. The van der Waals surface area contributed by atoms with Crippen LogP contribution in [0.3, 0.4) is 0 Å². The first-order chi connectivity index (χ1) is 9.54. The summed E-state index contributed by atoms with van der Waals surface area (Å²) in [6, 6.07) is 5.74. The molecule has 1 aromatic rings. The van der Waals surface area contributed by atoms with Gasteiger partial charge in [-0.2, -0.15) is 0 Å². The third-order valence-corrected chi connectivity index (χ3v) is 5.54. The van der Waals surface area contributed by atoms with Crippen LogP contribution in [0.1, 0.15) is 57.4 Å². The summed E-state index contributed by atoms with van der Waals surface area (Å²) in [5.74, 6) is 0. The summed E-state index contributed by atoms with van der Waals surface area (Å²) in [4.78, 5) is 4.00. The van der Waals surface area contributed by atoms with Crippen molar-refractivity contribution in [3.8, 4) is 0 Å². The van der Waals surface area contributed by atoms with Gasteiger partial charge < -0.3 is 5.32 Å². The van der Waals surface area contributed by atoms with Crippen molar-refractivity contribution in [1.29, 1.82) is 0 Å². The van der Waals surface area contributed by atoms with E-state index in [1.54, 1.807) is 0 Å². The molecule has 20 heavy (non-hydrogen) atoms. The highest BCUT2D eigenvalue weighted by Gasteiger charge is 2.30. The number of hydrogen-bond donors (Lipinski definition) is 1. The molecule has 0 aliphatic heterocycles. The molecule has 0 radical (unpaired) electrons. The van der Waals surface area contributed by atoms with Gasteiger partial charge in [0.1, 0.15) is 0 Å². The van der Waals surface area contributed by atoms with Gasteiger partial charge in [-0.1, -0.05) is 26.3 Å². The van der Waals surface area contributed by atoms with E-state index in [0.717, 1.165) is 12.6 Å². The van der Waals surface area contributed by atoms with Crippen molar-refractivity contribution in [2.45, 2.75) is 58.5 Å². The largest absolute Gasteiger partial charge is 0.313 e. The number of thiophene rings is 1. The number of hydrogen-bond acceptors (Lipinski definition) is 3. The van der Waals surface area contributed by atoms with Crippen LogP contribution in [0.2, 0.25) is 0 Å². The van der Waals surface area contributed by atoms with Gasteiger partial charge in [0.2, 0.25) is 0 Å². The quantitative estimate of drug-likeness (QED) is 0.730. The molecule has 1 aliphatic carbocycles. The van der Waals surface area contributed by atoms with Crippen LogP contribution >= 0.6 is 11.3 Å². The molecule has 1 fully saturated rings. The fraction of sp³-hybridized carbons (Fsp3) is 0.765. The van der Waals surface area contributed by atoms with Crippen molar-refractivity contribution in [3.05, 3.63) is 22.4 Å². The SMILES string of the molecule is CCCC(C)(CNC1CC1)CN(C)C(C)c1cccs1. The maximum atomic E-state index is 3.74. The highest BCUT2D eigenvalue weighted by Crippen LogP contribution is 2.30. The average Bonchev–Trinajstić information content (AvgIpc) is 3.08. The Labute approximate surface area is 128 Å². The van der Waals surface area contributed by atoms with Crippen molar-refractivity contribution in [3.63, 3.8) is 0 Å². The Hall–Kier alpha value is -0.380. The highest BCUT2D eigenvalue weighted by molar-refractivity contribution is 7.10. The van der Waals surface area contributed by atoms with E-state index in [2.05, 4.69) is 55.5 Å². The fourth-order valence-corrected chi connectivity index (χ4v) is 3.84. The van der Waals surface area contributed by atoms with Gasteiger partial charge in [-0.05, 0) is 50.1 Å². The number of rotatable bonds is 9. The monoisotopic (exact) mass is 294 g/mol. The smallest absolute Gasteiger partial charge is 0.0410 e. The van der Waals surface area contributed by atoms with E-state index in [-0.39, 0.29) is 0 Å². The van der Waals surface area contributed by atoms with Crippen LogP contribution in [0.25, 0.3) is 0 Å². The third-order valence-electron chi connectivity index (χ3n) is 4.50. The van der Waals surface area contributed by atoms with Crippen LogP contribution in [0.4, 0.5) is 0 Å². The molecular formula is C17H30N2S. The molecule has 2 rings (SSSR count). The Morgan fingerprint density at radius 2 is 2.25 bits per heavy atom. The molecule has 0 saturated heterocycles. The summed E-state index contributed by atoms with van der Waals surface area (Å²) >= 11 is 1.87. The fourth-order valence-electron chi connectivity index (χ4n) is 2.99. The van der Waals surface area contributed by atoms with Crippen molar-refractivity contribution in [1.82, 2.24) is 10.2 Å². The summed E-state index contributed by atoms with van der Waals surface area (Å²) in [5, 5.41) is 5.92. The van der Waals surface area contributed by atoms with Crippen LogP contribution in [0.15, 0.2) is 17.5 Å². The molecule has 1 aromatic heterocycles. The summed E-state index contributed by atoms with van der Waals surface area (Å²) < 4.78 is 0. The minimum absolute atomic E-state index is 0.387. The second-order valence-electron chi connectivity index (χ2n) is 6.82. The van der Waals surface area contributed by atoms with E-state index in [0.29, 0.717) is 11.5 Å². The van der Waals surface area contributed by atoms with E-state index < -0.39 is 0 Å². The van der Waals surface area contributed by atoms with Gasteiger partial charge in [-0.25, -0.2) is 0 Å². The lowest BCUT2D eigenvalue weighted by Crippen LogP contribution is -2.42. The predicted molar refractivity (Wildman–Crippen MR) is 89.4 cm³/mol. The highest BCUT2D eigenvalue weighted by atomic mass is 32.1.